The zero-order chi connectivity index (χ0) is 31.9. The van der Waals surface area contributed by atoms with Crippen LogP contribution in [0.4, 0.5) is 43.8 Å². The maximum absolute atomic E-state index is 13.6. The molecule has 0 fully saturated rings. The van der Waals surface area contributed by atoms with Crippen molar-refractivity contribution in [3.63, 3.8) is 0 Å². The van der Waals surface area contributed by atoms with Gasteiger partial charge < -0.3 is 5.73 Å². The summed E-state index contributed by atoms with van der Waals surface area (Å²) in [5, 5.41) is -0.873. The third-order valence-electron chi connectivity index (χ3n) is 6.29. The second kappa shape index (κ2) is 11.3. The van der Waals surface area contributed by atoms with E-state index in [-0.39, 0.29) is 18.3 Å². The topological polar surface area (TPSA) is 144 Å². The van der Waals surface area contributed by atoms with Crippen LogP contribution in [0, 0.1) is 0 Å². The van der Waals surface area contributed by atoms with Crippen molar-refractivity contribution < 1.29 is 44.1 Å². The average Bonchev–Trinajstić information content (AvgIpc) is 3.48. The summed E-state index contributed by atoms with van der Waals surface area (Å²) in [6.45, 7) is 4.00. The Kier molecular flexibility index (Phi) is 8.25. The van der Waals surface area contributed by atoms with E-state index in [9.17, 15) is 44.1 Å². The molecule has 2 aromatic carbocycles. The van der Waals surface area contributed by atoms with E-state index in [4.69, 9.17) is 5.73 Å². The summed E-state index contributed by atoms with van der Waals surface area (Å²) in [5.41, 5.74) is 3.14. The van der Waals surface area contributed by atoms with Gasteiger partial charge in [0.15, 0.2) is 5.03 Å². The molecule has 3 N–H and O–H groups in total. The first-order valence-corrected chi connectivity index (χ1v) is 13.8. The van der Waals surface area contributed by atoms with E-state index in [0.29, 0.717) is 39.9 Å². The van der Waals surface area contributed by atoms with Gasteiger partial charge in [0.25, 0.3) is 5.91 Å². The molecule has 1 amide bonds. The van der Waals surface area contributed by atoms with Gasteiger partial charge in [0.1, 0.15) is 18.2 Å². The molecule has 2 aromatic heterocycles. The minimum atomic E-state index is -5.21. The highest BCUT2D eigenvalue weighted by molar-refractivity contribution is 7.85. The van der Waals surface area contributed by atoms with E-state index >= 15 is 0 Å². The Morgan fingerprint density at radius 3 is 2.02 bits per heavy atom. The number of nitrogen functional groups attached to an aromatic ring is 1. The Morgan fingerprint density at radius 2 is 1.51 bits per heavy atom. The third kappa shape index (κ3) is 6.17. The molecule has 17 heteroatoms. The first-order valence-electron chi connectivity index (χ1n) is 12.4. The molecule has 3 heterocycles. The van der Waals surface area contributed by atoms with Gasteiger partial charge in [0, 0.05) is 18.2 Å². The quantitative estimate of drug-likeness (QED) is 0.212. The molecule has 4 aromatic rings. The fourth-order valence-electron chi connectivity index (χ4n) is 4.44. The summed E-state index contributed by atoms with van der Waals surface area (Å²) in [6.07, 6.45) is -7.31. The van der Waals surface area contributed by atoms with Crippen LogP contribution in [-0.4, -0.2) is 38.4 Å². The molecule has 10 nitrogen and oxygen atoms in total. The predicted octanol–water partition coefficient (Wildman–Crippen LogP) is 5.69. The van der Waals surface area contributed by atoms with Crippen LogP contribution in [-0.2, 0) is 33.7 Å². The van der Waals surface area contributed by atoms with Gasteiger partial charge in [-0.2, -0.15) is 34.8 Å². The maximum atomic E-state index is 13.6. The van der Waals surface area contributed by atoms with Crippen molar-refractivity contribution >= 4 is 33.5 Å². The lowest BCUT2D eigenvalue weighted by molar-refractivity contribution is -0.143. The number of fused-ring (bicyclic) bond motifs is 1. The molecular formula is C26H22F6N6O4S. The summed E-state index contributed by atoms with van der Waals surface area (Å²) in [5.74, 6) is -1.48. The molecule has 43 heavy (non-hydrogen) atoms. The van der Waals surface area contributed by atoms with Crippen LogP contribution in [0.3, 0.4) is 0 Å². The van der Waals surface area contributed by atoms with Gasteiger partial charge in [-0.15, -0.1) is 0 Å². The van der Waals surface area contributed by atoms with Gasteiger partial charge >= 0.3 is 22.5 Å². The number of nitrogens with two attached hydrogens (primary N) is 1. The molecule has 1 atom stereocenters. The predicted molar refractivity (Wildman–Crippen MR) is 142 cm³/mol. The monoisotopic (exact) mass is 628 g/mol. The van der Waals surface area contributed by atoms with Crippen LogP contribution in [0.5, 0.6) is 0 Å². The molecule has 0 saturated heterocycles. The number of carbonyl (C=O) groups is 1. The Labute approximate surface area is 240 Å². The molecule has 0 spiro atoms. The van der Waals surface area contributed by atoms with Crippen molar-refractivity contribution in [2.75, 3.05) is 10.6 Å². The lowest BCUT2D eigenvalue weighted by Gasteiger charge is -2.20. The van der Waals surface area contributed by atoms with E-state index in [0.717, 1.165) is 4.57 Å². The number of hydrogen-bond donors (Lipinski definition) is 2. The van der Waals surface area contributed by atoms with E-state index in [1.807, 2.05) is 13.8 Å². The Balaban J connectivity index is 0.00000207. The zero-order valence-corrected chi connectivity index (χ0v) is 23.0. The first kappa shape index (κ1) is 31.4. The number of anilines is 3. The summed E-state index contributed by atoms with van der Waals surface area (Å²) in [7, 11) is -5.02. The number of rotatable bonds is 5. The van der Waals surface area contributed by atoms with Crippen LogP contribution in [0.2, 0.25) is 0 Å². The number of imidazole rings is 1. The fraction of sp³-hybridized carbons (Fsp3) is 0.231. The minimum Gasteiger partial charge on any atom is -0.383 e. The molecule has 0 radical (unpaired) electrons. The fourth-order valence-corrected chi connectivity index (χ4v) is 5.08. The molecular weight excluding hydrogens is 606 g/mol. The van der Waals surface area contributed by atoms with Crippen LogP contribution in [0.1, 0.15) is 36.6 Å². The highest BCUT2D eigenvalue weighted by Gasteiger charge is 2.45. The number of benzene rings is 2. The number of carbonyl (C=O) groups excluding carboxylic acids is 1. The van der Waals surface area contributed by atoms with Gasteiger partial charge in [0.2, 0.25) is 5.95 Å². The van der Waals surface area contributed by atoms with Crippen molar-refractivity contribution in [1.29, 1.82) is 0 Å². The number of hydrogen-bond acceptors (Lipinski definition) is 7. The van der Waals surface area contributed by atoms with Gasteiger partial charge in [-0.3, -0.25) is 13.9 Å². The smallest absolute Gasteiger partial charge is 0.383 e. The molecule has 228 valence electrons. The number of nitrogens with zero attached hydrogens (tertiary/aromatic N) is 5. The highest BCUT2D eigenvalue weighted by atomic mass is 32.2. The number of alkyl halides is 6. The standard InChI is InChI=1S/C24H16F6N6O4S.C2H6/c25-23(26,27)14-6-15(24(28,29)30)8-16(7-14)35-21(37)18(36-19(41(38,39)40)10-33-22(35)36)5-12-1-3-13(4-2-12)17-9-32-11-34-20(17)31;1-2/h1-4,6-11,18H,5H2,(H2,31,32,34)(H,38,39,40);1-2H3. The van der Waals surface area contributed by atoms with Gasteiger partial charge in [-0.25, -0.2) is 19.9 Å². The minimum absolute atomic E-state index is 0.107. The molecule has 0 saturated carbocycles. The van der Waals surface area contributed by atoms with Crippen molar-refractivity contribution in [3.8, 4) is 11.1 Å². The SMILES string of the molecule is CC.Nc1ncncc1-c1ccc(CC2C(=O)N(c3cc(C(F)(F)F)cc(C(F)(F)F)c3)c3ncc(S(=O)(=O)O)n32)cc1. The van der Waals surface area contributed by atoms with Gasteiger partial charge in [-0.1, -0.05) is 38.1 Å². The molecule has 1 aliphatic rings. The first-order chi connectivity index (χ1) is 20.1. The van der Waals surface area contributed by atoms with Gasteiger partial charge in [0.05, 0.1) is 23.0 Å². The van der Waals surface area contributed by atoms with E-state index in [2.05, 4.69) is 15.0 Å². The zero-order valence-electron chi connectivity index (χ0n) is 22.2. The highest BCUT2D eigenvalue weighted by Crippen LogP contribution is 2.44. The van der Waals surface area contributed by atoms with Crippen molar-refractivity contribution in [3.05, 3.63) is 77.9 Å². The molecule has 0 aliphatic carbocycles. The van der Waals surface area contributed by atoms with Gasteiger partial charge in [-0.05, 0) is 29.3 Å². The van der Waals surface area contributed by atoms with E-state index < -0.39 is 62.2 Å². The Hall–Kier alpha value is -4.51. The van der Waals surface area contributed by atoms with Crippen molar-refractivity contribution in [1.82, 2.24) is 19.5 Å². The summed E-state index contributed by atoms with van der Waals surface area (Å²) < 4.78 is 116. The Bertz CT molecular complexity index is 1740. The maximum Gasteiger partial charge on any atom is 0.416 e. The second-order valence-corrected chi connectivity index (χ2v) is 10.3. The second-order valence-electron chi connectivity index (χ2n) is 8.92. The lowest BCUT2D eigenvalue weighted by atomic mass is 10.0. The van der Waals surface area contributed by atoms with Crippen molar-refractivity contribution in [2.45, 2.75) is 43.7 Å². The average molecular weight is 629 g/mol. The summed E-state index contributed by atoms with van der Waals surface area (Å²) in [4.78, 5) is 25.5. The third-order valence-corrected chi connectivity index (χ3v) is 7.12. The molecule has 1 unspecified atom stereocenters. The summed E-state index contributed by atoms with van der Waals surface area (Å²) in [6, 6.07) is 5.32. The number of aromatic nitrogens is 4. The van der Waals surface area contributed by atoms with Crippen LogP contribution < -0.4 is 10.6 Å². The summed E-state index contributed by atoms with van der Waals surface area (Å²) >= 11 is 0. The number of amides is 1. The van der Waals surface area contributed by atoms with Crippen LogP contribution in [0.15, 0.2) is 66.2 Å². The normalized spacial score (nSPS) is 15.2. The molecule has 0 bridgehead atoms. The molecule has 5 rings (SSSR count). The lowest BCUT2D eigenvalue weighted by Crippen LogP contribution is -2.27. The van der Waals surface area contributed by atoms with Crippen molar-refractivity contribution in [2.24, 2.45) is 0 Å². The van der Waals surface area contributed by atoms with Crippen LogP contribution in [0.25, 0.3) is 11.1 Å². The van der Waals surface area contributed by atoms with E-state index in [1.54, 1.807) is 24.3 Å². The van der Waals surface area contributed by atoms with E-state index in [1.165, 1.54) is 12.5 Å². The van der Waals surface area contributed by atoms with Crippen LogP contribution >= 0.6 is 0 Å². The molecule has 1 aliphatic heterocycles. The number of halogens is 6. The largest absolute Gasteiger partial charge is 0.416 e. The Morgan fingerprint density at radius 1 is 0.930 bits per heavy atom.